The lowest BCUT2D eigenvalue weighted by Gasteiger charge is -2.33. The topological polar surface area (TPSA) is 3.24 Å². The molecule has 1 heterocycles. The summed E-state index contributed by atoms with van der Waals surface area (Å²) >= 11 is 3.46. The minimum atomic E-state index is 1.17. The van der Waals surface area contributed by atoms with Crippen molar-refractivity contribution in [1.82, 2.24) is 0 Å². The molecular formula is C9H10BrN. The molecule has 0 radical (unpaired) electrons. The van der Waals surface area contributed by atoms with Crippen molar-refractivity contribution >= 4 is 21.6 Å². The number of hydrogen-bond acceptors (Lipinski definition) is 1. The molecule has 0 spiro atoms. The quantitative estimate of drug-likeness (QED) is 0.691. The van der Waals surface area contributed by atoms with E-state index in [9.17, 15) is 0 Å². The molecule has 2 rings (SSSR count). The van der Waals surface area contributed by atoms with E-state index >= 15 is 0 Å². The van der Waals surface area contributed by atoms with E-state index in [2.05, 4.69) is 45.1 Å². The molecule has 0 bridgehead atoms. The summed E-state index contributed by atoms with van der Waals surface area (Å²) in [5.41, 5.74) is 1.34. The maximum Gasteiger partial charge on any atom is 0.0377 e. The normalized spacial score (nSPS) is 16.3. The van der Waals surface area contributed by atoms with Gasteiger partial charge in [0.1, 0.15) is 0 Å². The van der Waals surface area contributed by atoms with Gasteiger partial charge in [0.05, 0.1) is 0 Å². The molecule has 0 aliphatic carbocycles. The molecule has 1 aromatic carbocycles. The molecule has 1 fully saturated rings. The van der Waals surface area contributed by atoms with Crippen molar-refractivity contribution in [3.63, 3.8) is 0 Å². The lowest BCUT2D eigenvalue weighted by atomic mass is 10.2. The highest BCUT2D eigenvalue weighted by molar-refractivity contribution is 9.10. The van der Waals surface area contributed by atoms with Gasteiger partial charge in [-0.15, -0.1) is 0 Å². The first-order chi connectivity index (χ1) is 5.36. The van der Waals surface area contributed by atoms with Crippen LogP contribution in [-0.2, 0) is 0 Å². The lowest BCUT2D eigenvalue weighted by molar-refractivity contribution is 0.617. The molecule has 0 saturated carbocycles. The summed E-state index contributed by atoms with van der Waals surface area (Å²) in [7, 11) is 0. The van der Waals surface area contributed by atoms with Crippen LogP contribution in [0.4, 0.5) is 5.69 Å². The van der Waals surface area contributed by atoms with Crippen molar-refractivity contribution in [2.75, 3.05) is 18.0 Å². The van der Waals surface area contributed by atoms with E-state index in [1.165, 1.54) is 29.7 Å². The van der Waals surface area contributed by atoms with E-state index in [4.69, 9.17) is 0 Å². The third-order valence-corrected chi connectivity index (χ3v) is 2.52. The number of benzene rings is 1. The van der Waals surface area contributed by atoms with Gasteiger partial charge >= 0.3 is 0 Å². The summed E-state index contributed by atoms with van der Waals surface area (Å²) in [5.74, 6) is 0. The van der Waals surface area contributed by atoms with Gasteiger partial charge in [0.2, 0.25) is 0 Å². The summed E-state index contributed by atoms with van der Waals surface area (Å²) in [6.45, 7) is 2.44. The van der Waals surface area contributed by atoms with Crippen molar-refractivity contribution in [2.24, 2.45) is 0 Å². The van der Waals surface area contributed by atoms with Gasteiger partial charge in [-0.25, -0.2) is 0 Å². The van der Waals surface area contributed by atoms with E-state index in [0.717, 1.165) is 0 Å². The Balaban J connectivity index is 2.23. The Morgan fingerprint density at radius 1 is 1.27 bits per heavy atom. The molecule has 0 aromatic heterocycles. The van der Waals surface area contributed by atoms with Gasteiger partial charge in [0.25, 0.3) is 0 Å². The smallest absolute Gasteiger partial charge is 0.0377 e. The summed E-state index contributed by atoms with van der Waals surface area (Å²) in [4.78, 5) is 2.38. The Kier molecular flexibility index (Phi) is 1.86. The number of hydrogen-bond donors (Lipinski definition) is 0. The van der Waals surface area contributed by atoms with E-state index in [1.54, 1.807) is 0 Å². The maximum atomic E-state index is 3.46. The fourth-order valence-electron chi connectivity index (χ4n) is 1.25. The average molecular weight is 212 g/mol. The van der Waals surface area contributed by atoms with Crippen LogP contribution in [0.1, 0.15) is 6.42 Å². The first-order valence-electron chi connectivity index (χ1n) is 3.87. The number of nitrogens with zero attached hydrogens (tertiary/aromatic N) is 1. The predicted octanol–water partition coefficient (Wildman–Crippen LogP) is 2.66. The Morgan fingerprint density at radius 2 is 2.09 bits per heavy atom. The van der Waals surface area contributed by atoms with Crippen molar-refractivity contribution in [3.05, 3.63) is 28.7 Å². The maximum absolute atomic E-state index is 3.46. The van der Waals surface area contributed by atoms with E-state index in [0.29, 0.717) is 0 Å². The van der Waals surface area contributed by atoms with Crippen molar-refractivity contribution < 1.29 is 0 Å². The van der Waals surface area contributed by atoms with Crippen LogP contribution in [0.25, 0.3) is 0 Å². The van der Waals surface area contributed by atoms with Crippen LogP contribution in [0.2, 0.25) is 0 Å². The Labute approximate surface area is 75.1 Å². The van der Waals surface area contributed by atoms with Crippen LogP contribution >= 0.6 is 15.9 Å². The highest BCUT2D eigenvalue weighted by Crippen LogP contribution is 2.23. The number of anilines is 1. The second kappa shape index (κ2) is 2.86. The van der Waals surface area contributed by atoms with Gasteiger partial charge in [-0.05, 0) is 24.6 Å². The Hall–Kier alpha value is -0.500. The molecule has 1 aliphatic heterocycles. The fourth-order valence-corrected chi connectivity index (χ4v) is 1.63. The highest BCUT2D eigenvalue weighted by atomic mass is 79.9. The van der Waals surface area contributed by atoms with Gasteiger partial charge in [-0.3, -0.25) is 0 Å². The Morgan fingerprint density at radius 3 is 2.64 bits per heavy atom. The van der Waals surface area contributed by atoms with E-state index < -0.39 is 0 Å². The summed E-state index contributed by atoms with van der Waals surface area (Å²) in [6.07, 6.45) is 1.34. The first kappa shape index (κ1) is 7.17. The molecular weight excluding hydrogens is 202 g/mol. The van der Waals surface area contributed by atoms with E-state index in [-0.39, 0.29) is 0 Å². The van der Waals surface area contributed by atoms with Gasteiger partial charge in [0.15, 0.2) is 0 Å². The zero-order valence-corrected chi connectivity index (χ0v) is 7.84. The Bertz CT molecular complexity index is 255. The third kappa shape index (κ3) is 1.41. The van der Waals surface area contributed by atoms with Gasteiger partial charge in [-0.2, -0.15) is 0 Å². The molecule has 0 amide bonds. The number of halogens is 1. The van der Waals surface area contributed by atoms with Crippen LogP contribution in [0, 0.1) is 0 Å². The fraction of sp³-hybridized carbons (Fsp3) is 0.333. The summed E-state index contributed by atoms with van der Waals surface area (Å²) < 4.78 is 1.17. The van der Waals surface area contributed by atoms with Crippen LogP contribution < -0.4 is 4.90 Å². The van der Waals surface area contributed by atoms with Gasteiger partial charge < -0.3 is 4.90 Å². The molecule has 2 heteroatoms. The summed E-state index contributed by atoms with van der Waals surface area (Å²) in [5, 5.41) is 0. The second-order valence-electron chi connectivity index (χ2n) is 2.82. The molecule has 0 unspecified atom stereocenters. The van der Waals surface area contributed by atoms with Gasteiger partial charge in [0, 0.05) is 23.2 Å². The SMILES string of the molecule is Brc1cccc(N2CCC2)c1. The predicted molar refractivity (Wildman–Crippen MR) is 51.0 cm³/mol. The highest BCUT2D eigenvalue weighted by Gasteiger charge is 2.13. The molecule has 11 heavy (non-hydrogen) atoms. The zero-order valence-electron chi connectivity index (χ0n) is 6.26. The van der Waals surface area contributed by atoms with Crippen molar-refractivity contribution in [3.8, 4) is 0 Å². The molecule has 0 atom stereocenters. The van der Waals surface area contributed by atoms with Gasteiger partial charge in [-0.1, -0.05) is 22.0 Å². The minimum Gasteiger partial charge on any atom is -0.371 e. The zero-order chi connectivity index (χ0) is 7.68. The standard InChI is InChI=1S/C9H10BrN/c10-8-3-1-4-9(7-8)11-5-2-6-11/h1,3-4,7H,2,5-6H2. The van der Waals surface area contributed by atoms with Crippen LogP contribution in [0.15, 0.2) is 28.7 Å². The van der Waals surface area contributed by atoms with Crippen LogP contribution in [-0.4, -0.2) is 13.1 Å². The largest absolute Gasteiger partial charge is 0.371 e. The minimum absolute atomic E-state index is 1.17. The number of rotatable bonds is 1. The molecule has 1 aromatic rings. The molecule has 0 N–H and O–H groups in total. The van der Waals surface area contributed by atoms with Crippen LogP contribution in [0.3, 0.4) is 0 Å². The molecule has 1 saturated heterocycles. The lowest BCUT2D eigenvalue weighted by Crippen LogP contribution is -2.36. The molecule has 58 valence electrons. The molecule has 1 nitrogen and oxygen atoms in total. The van der Waals surface area contributed by atoms with Crippen LogP contribution in [0.5, 0.6) is 0 Å². The third-order valence-electron chi connectivity index (χ3n) is 2.03. The van der Waals surface area contributed by atoms with Crippen molar-refractivity contribution in [2.45, 2.75) is 6.42 Å². The monoisotopic (exact) mass is 211 g/mol. The van der Waals surface area contributed by atoms with Crippen molar-refractivity contribution in [1.29, 1.82) is 0 Å². The van der Waals surface area contributed by atoms with E-state index in [1.807, 2.05) is 0 Å². The average Bonchev–Trinajstić information content (AvgIpc) is 1.83. The first-order valence-corrected chi connectivity index (χ1v) is 4.66. The summed E-state index contributed by atoms with van der Waals surface area (Å²) in [6, 6.07) is 8.46. The second-order valence-corrected chi connectivity index (χ2v) is 3.74. The molecule has 1 aliphatic rings.